The van der Waals surface area contributed by atoms with Crippen LogP contribution in [0.5, 0.6) is 5.75 Å². The van der Waals surface area contributed by atoms with Crippen molar-refractivity contribution in [2.24, 2.45) is 0 Å². The molecule has 0 spiro atoms. The van der Waals surface area contributed by atoms with Crippen LogP contribution in [0.2, 0.25) is 10.0 Å². The monoisotopic (exact) mass is 474 g/mol. The number of anilines is 1. The summed E-state index contributed by atoms with van der Waals surface area (Å²) in [6.07, 6.45) is 5.64. The quantitative estimate of drug-likeness (QED) is 0.189. The first-order valence-corrected chi connectivity index (χ1v) is 10.9. The molecule has 32 heavy (non-hydrogen) atoms. The molecule has 1 amide bonds. The number of amides is 1. The molecule has 2 aromatic rings. The molecular weight excluding hydrogens is 451 g/mol. The van der Waals surface area contributed by atoms with E-state index in [4.69, 9.17) is 27.9 Å². The Hall–Kier alpha value is -3.01. The van der Waals surface area contributed by atoms with Gasteiger partial charge in [0.2, 0.25) is 0 Å². The lowest BCUT2D eigenvalue weighted by Gasteiger charge is -2.11. The number of hydrogen-bond acceptors (Lipinski definition) is 5. The second-order valence-corrected chi connectivity index (χ2v) is 7.73. The zero-order chi connectivity index (χ0) is 23.5. The minimum absolute atomic E-state index is 0.137. The van der Waals surface area contributed by atoms with Crippen LogP contribution < -0.4 is 10.1 Å². The number of esters is 1. The number of nitrogens with one attached hydrogen (secondary N) is 1. The molecule has 0 bridgehead atoms. The number of nitriles is 1. The van der Waals surface area contributed by atoms with Crippen molar-refractivity contribution < 1.29 is 19.1 Å². The second kappa shape index (κ2) is 12.7. The first-order valence-electron chi connectivity index (χ1n) is 10.1. The van der Waals surface area contributed by atoms with Crippen molar-refractivity contribution in [2.75, 3.05) is 19.0 Å². The Bertz CT molecular complexity index is 1000. The van der Waals surface area contributed by atoms with Gasteiger partial charge in [-0.3, -0.25) is 4.79 Å². The van der Waals surface area contributed by atoms with Gasteiger partial charge in [-0.05, 0) is 54.5 Å². The van der Waals surface area contributed by atoms with Crippen molar-refractivity contribution >= 4 is 46.8 Å². The molecule has 1 N–H and O–H groups in total. The third kappa shape index (κ3) is 7.30. The molecule has 2 aromatic carbocycles. The van der Waals surface area contributed by atoms with E-state index in [1.807, 2.05) is 6.07 Å². The van der Waals surface area contributed by atoms with Gasteiger partial charge in [0.1, 0.15) is 11.6 Å². The lowest BCUT2D eigenvalue weighted by Crippen LogP contribution is -2.13. The van der Waals surface area contributed by atoms with Gasteiger partial charge < -0.3 is 14.8 Å². The molecule has 0 aliphatic heterocycles. The standard InChI is InChI=1S/C24H24Cl2N2O4/c1-3-4-5-6-11-32-22-20(25)13-16(14-21(22)26)12-18(15-27)23(29)28-19-9-7-17(8-10-19)24(30)31-2/h7-10,12-14H,3-6,11H2,1-2H3,(H,28,29)/b18-12-. The van der Waals surface area contributed by atoms with Crippen molar-refractivity contribution in [2.45, 2.75) is 32.6 Å². The molecule has 0 unspecified atom stereocenters. The van der Waals surface area contributed by atoms with Gasteiger partial charge in [0.05, 0.1) is 29.3 Å². The molecule has 2 rings (SSSR count). The Morgan fingerprint density at radius 1 is 1.09 bits per heavy atom. The molecule has 0 aromatic heterocycles. The number of methoxy groups -OCH3 is 1. The average molecular weight is 475 g/mol. The van der Waals surface area contributed by atoms with Gasteiger partial charge in [-0.2, -0.15) is 5.26 Å². The van der Waals surface area contributed by atoms with Crippen LogP contribution in [0.25, 0.3) is 6.08 Å². The van der Waals surface area contributed by atoms with E-state index in [-0.39, 0.29) is 5.57 Å². The molecule has 0 heterocycles. The third-order valence-corrected chi connectivity index (χ3v) is 5.07. The van der Waals surface area contributed by atoms with E-state index < -0.39 is 11.9 Å². The SMILES string of the molecule is CCCCCCOc1c(Cl)cc(/C=C(/C#N)C(=O)Nc2ccc(C(=O)OC)cc2)cc1Cl. The zero-order valence-electron chi connectivity index (χ0n) is 17.9. The van der Waals surface area contributed by atoms with Gasteiger partial charge in [0, 0.05) is 5.69 Å². The van der Waals surface area contributed by atoms with Crippen molar-refractivity contribution in [1.29, 1.82) is 5.26 Å². The highest BCUT2D eigenvalue weighted by Gasteiger charge is 2.13. The largest absolute Gasteiger partial charge is 0.490 e. The number of benzene rings is 2. The van der Waals surface area contributed by atoms with Crippen LogP contribution in [-0.2, 0) is 9.53 Å². The maximum atomic E-state index is 12.5. The topological polar surface area (TPSA) is 88.4 Å². The minimum atomic E-state index is -0.609. The fraction of sp³-hybridized carbons (Fsp3) is 0.292. The number of ether oxygens (including phenoxy) is 2. The summed E-state index contributed by atoms with van der Waals surface area (Å²) in [5, 5.41) is 12.6. The third-order valence-electron chi connectivity index (χ3n) is 4.50. The second-order valence-electron chi connectivity index (χ2n) is 6.92. The van der Waals surface area contributed by atoms with Gasteiger partial charge >= 0.3 is 5.97 Å². The van der Waals surface area contributed by atoms with Gasteiger partial charge in [0.15, 0.2) is 5.75 Å². The molecule has 6 nitrogen and oxygen atoms in total. The van der Waals surface area contributed by atoms with Crippen LogP contribution in [-0.4, -0.2) is 25.6 Å². The summed E-state index contributed by atoms with van der Waals surface area (Å²) in [7, 11) is 1.28. The van der Waals surface area contributed by atoms with Crippen LogP contribution in [0.1, 0.15) is 48.5 Å². The first kappa shape index (κ1) is 25.3. The van der Waals surface area contributed by atoms with Crippen LogP contribution in [0.15, 0.2) is 42.0 Å². The molecule has 168 valence electrons. The number of unbranched alkanes of at least 4 members (excludes halogenated alkanes) is 3. The van der Waals surface area contributed by atoms with Crippen molar-refractivity contribution in [3.05, 3.63) is 63.1 Å². The van der Waals surface area contributed by atoms with Crippen LogP contribution in [0.3, 0.4) is 0 Å². The lowest BCUT2D eigenvalue weighted by atomic mass is 10.1. The molecule has 0 fully saturated rings. The molecule has 0 aliphatic rings. The molecule has 0 saturated heterocycles. The predicted molar refractivity (Wildman–Crippen MR) is 126 cm³/mol. The predicted octanol–water partition coefficient (Wildman–Crippen LogP) is 6.28. The number of nitrogens with zero attached hydrogens (tertiary/aromatic N) is 1. The summed E-state index contributed by atoms with van der Waals surface area (Å²) in [6, 6.07) is 11.2. The van der Waals surface area contributed by atoms with Gasteiger partial charge in [0.25, 0.3) is 5.91 Å². The normalized spacial score (nSPS) is 10.9. The molecule has 0 atom stereocenters. The molecule has 0 radical (unpaired) electrons. The summed E-state index contributed by atoms with van der Waals surface area (Å²) >= 11 is 12.6. The van der Waals surface area contributed by atoms with Crippen molar-refractivity contribution in [3.8, 4) is 11.8 Å². The minimum Gasteiger partial charge on any atom is -0.490 e. The number of hydrogen-bond donors (Lipinski definition) is 1. The molecule has 8 heteroatoms. The van der Waals surface area contributed by atoms with Crippen LogP contribution in [0.4, 0.5) is 5.69 Å². The maximum Gasteiger partial charge on any atom is 0.337 e. The Balaban J connectivity index is 2.10. The highest BCUT2D eigenvalue weighted by molar-refractivity contribution is 6.37. The summed E-state index contributed by atoms with van der Waals surface area (Å²) in [5.41, 5.74) is 1.12. The molecule has 0 saturated carbocycles. The Kier molecular flexibility index (Phi) is 10.1. The van der Waals surface area contributed by atoms with E-state index in [1.165, 1.54) is 25.3 Å². The Morgan fingerprint density at radius 3 is 2.31 bits per heavy atom. The van der Waals surface area contributed by atoms with E-state index in [9.17, 15) is 14.9 Å². The zero-order valence-corrected chi connectivity index (χ0v) is 19.4. The smallest absolute Gasteiger partial charge is 0.337 e. The van der Waals surface area contributed by atoms with Gasteiger partial charge in [-0.1, -0.05) is 49.4 Å². The molecule has 0 aliphatic carbocycles. The first-order chi connectivity index (χ1) is 15.4. The highest BCUT2D eigenvalue weighted by Crippen LogP contribution is 2.35. The summed E-state index contributed by atoms with van der Waals surface area (Å²) in [5.74, 6) is -0.708. The van der Waals surface area contributed by atoms with Gasteiger partial charge in [-0.15, -0.1) is 0 Å². The van der Waals surface area contributed by atoms with E-state index in [0.717, 1.165) is 25.7 Å². The number of carbonyl (C=O) groups excluding carboxylic acids is 2. The Morgan fingerprint density at radius 2 is 1.75 bits per heavy atom. The summed E-state index contributed by atoms with van der Waals surface area (Å²) in [4.78, 5) is 24.0. The number of halogens is 2. The fourth-order valence-electron chi connectivity index (χ4n) is 2.82. The van der Waals surface area contributed by atoms with Crippen molar-refractivity contribution in [3.63, 3.8) is 0 Å². The number of rotatable bonds is 10. The highest BCUT2D eigenvalue weighted by atomic mass is 35.5. The lowest BCUT2D eigenvalue weighted by molar-refractivity contribution is -0.112. The Labute approximate surface area is 197 Å². The van der Waals surface area contributed by atoms with E-state index in [2.05, 4.69) is 17.0 Å². The van der Waals surface area contributed by atoms with E-state index >= 15 is 0 Å². The van der Waals surface area contributed by atoms with E-state index in [0.29, 0.717) is 39.2 Å². The summed E-state index contributed by atoms with van der Waals surface area (Å²) < 4.78 is 10.3. The van der Waals surface area contributed by atoms with Crippen LogP contribution in [0, 0.1) is 11.3 Å². The summed E-state index contributed by atoms with van der Waals surface area (Å²) in [6.45, 7) is 2.65. The van der Waals surface area contributed by atoms with Crippen molar-refractivity contribution in [1.82, 2.24) is 0 Å². The van der Waals surface area contributed by atoms with Gasteiger partial charge in [-0.25, -0.2) is 4.79 Å². The maximum absolute atomic E-state index is 12.5. The van der Waals surface area contributed by atoms with Crippen LogP contribution >= 0.6 is 23.2 Å². The molecular formula is C24H24Cl2N2O4. The number of carbonyl (C=O) groups is 2. The van der Waals surface area contributed by atoms with E-state index in [1.54, 1.807) is 24.3 Å². The fourth-order valence-corrected chi connectivity index (χ4v) is 3.44. The average Bonchev–Trinajstić information content (AvgIpc) is 2.78.